The molecule has 2 heterocycles. The number of amides is 1. The summed E-state index contributed by atoms with van der Waals surface area (Å²) < 4.78 is 20.8. The van der Waals surface area contributed by atoms with Gasteiger partial charge in [0.15, 0.2) is 16.7 Å². The summed E-state index contributed by atoms with van der Waals surface area (Å²) in [5, 5.41) is 9.58. The van der Waals surface area contributed by atoms with Gasteiger partial charge in [-0.3, -0.25) is 10.1 Å². The summed E-state index contributed by atoms with van der Waals surface area (Å²) in [5.41, 5.74) is 3.62. The van der Waals surface area contributed by atoms with Crippen LogP contribution in [0.3, 0.4) is 0 Å². The van der Waals surface area contributed by atoms with Crippen LogP contribution < -0.4 is 10.1 Å². The molecule has 1 saturated carbocycles. The molecular formula is C23H19FN4O2S. The molecule has 6 nitrogen and oxygen atoms in total. The summed E-state index contributed by atoms with van der Waals surface area (Å²) in [6, 6.07) is 14.5. The van der Waals surface area contributed by atoms with Crippen LogP contribution in [0.4, 0.5) is 9.52 Å². The Morgan fingerprint density at radius 3 is 2.74 bits per heavy atom. The van der Waals surface area contributed by atoms with Crippen molar-refractivity contribution >= 4 is 22.4 Å². The second kappa shape index (κ2) is 7.96. The maximum atomic E-state index is 14.0. The first-order valence-electron chi connectivity index (χ1n) is 9.88. The molecule has 156 valence electrons. The predicted octanol–water partition coefficient (Wildman–Crippen LogP) is 5.27. The van der Waals surface area contributed by atoms with Crippen molar-refractivity contribution in [2.24, 2.45) is 0 Å². The van der Waals surface area contributed by atoms with E-state index in [0.717, 1.165) is 24.2 Å². The number of nitrogens with zero attached hydrogens (tertiary/aromatic N) is 3. The number of aromatic nitrogens is 3. The van der Waals surface area contributed by atoms with Gasteiger partial charge in [0.25, 0.3) is 5.91 Å². The van der Waals surface area contributed by atoms with E-state index in [2.05, 4.69) is 15.4 Å². The molecule has 0 saturated heterocycles. The number of hydrogen-bond donors (Lipinski definition) is 1. The summed E-state index contributed by atoms with van der Waals surface area (Å²) in [5.74, 6) is -0.194. The normalized spacial score (nSPS) is 13.2. The van der Waals surface area contributed by atoms with Crippen LogP contribution in [0.15, 0.2) is 60.1 Å². The number of carbonyl (C=O) groups excluding carboxylic acids is 1. The van der Waals surface area contributed by atoms with Crippen LogP contribution in [0.1, 0.15) is 34.8 Å². The monoisotopic (exact) mass is 434 g/mol. The van der Waals surface area contributed by atoms with Crippen molar-refractivity contribution in [1.82, 2.24) is 14.8 Å². The third-order valence-corrected chi connectivity index (χ3v) is 5.95. The van der Waals surface area contributed by atoms with Gasteiger partial charge in [-0.1, -0.05) is 18.2 Å². The number of anilines is 1. The molecule has 0 radical (unpaired) electrons. The minimum Gasteiger partial charge on any atom is -0.494 e. The van der Waals surface area contributed by atoms with Crippen LogP contribution in [-0.2, 0) is 0 Å². The number of para-hydroxylation sites is 1. The first kappa shape index (κ1) is 19.4. The molecule has 5 rings (SSSR count). The van der Waals surface area contributed by atoms with Crippen molar-refractivity contribution in [2.75, 3.05) is 12.4 Å². The number of methoxy groups -OCH3 is 1. The van der Waals surface area contributed by atoms with Crippen LogP contribution in [0, 0.1) is 5.82 Å². The molecule has 0 bridgehead atoms. The number of ether oxygens (including phenoxy) is 1. The second-order valence-corrected chi connectivity index (χ2v) is 8.16. The molecule has 1 amide bonds. The molecule has 31 heavy (non-hydrogen) atoms. The third kappa shape index (κ3) is 3.82. The van der Waals surface area contributed by atoms with Gasteiger partial charge in [0, 0.05) is 16.9 Å². The molecule has 1 fully saturated rings. The first-order chi connectivity index (χ1) is 15.1. The number of nitrogens with one attached hydrogen (secondary N) is 1. The maximum absolute atomic E-state index is 14.0. The van der Waals surface area contributed by atoms with E-state index in [1.54, 1.807) is 23.7 Å². The quantitative estimate of drug-likeness (QED) is 0.449. The first-order valence-corrected chi connectivity index (χ1v) is 10.8. The van der Waals surface area contributed by atoms with Crippen molar-refractivity contribution in [1.29, 1.82) is 0 Å². The summed E-state index contributed by atoms with van der Waals surface area (Å²) >= 11 is 1.29. The van der Waals surface area contributed by atoms with E-state index in [9.17, 15) is 9.18 Å². The Labute approximate surface area is 182 Å². The molecule has 4 aromatic rings. The molecule has 8 heteroatoms. The minimum atomic E-state index is -0.457. The number of hydrogen-bond acceptors (Lipinski definition) is 5. The van der Waals surface area contributed by atoms with Crippen LogP contribution in [0.5, 0.6) is 5.75 Å². The van der Waals surface area contributed by atoms with Crippen molar-refractivity contribution in [3.63, 3.8) is 0 Å². The summed E-state index contributed by atoms with van der Waals surface area (Å²) in [6.45, 7) is 0. The molecule has 1 aliphatic rings. The minimum absolute atomic E-state index is 0.176. The van der Waals surface area contributed by atoms with E-state index in [0.29, 0.717) is 27.9 Å². The van der Waals surface area contributed by atoms with E-state index in [-0.39, 0.29) is 11.7 Å². The van der Waals surface area contributed by atoms with Gasteiger partial charge in [-0.2, -0.15) is 5.10 Å². The van der Waals surface area contributed by atoms with Gasteiger partial charge in [0.1, 0.15) is 0 Å². The van der Waals surface area contributed by atoms with Gasteiger partial charge in [-0.25, -0.2) is 14.1 Å². The zero-order valence-electron chi connectivity index (χ0n) is 16.7. The Bertz CT molecular complexity index is 1250. The standard InChI is InChI=1S/C23H19FN4O2S/c1-30-20-10-9-15(11-18(20)24)19-13-31-23(26-19)27-22(29)17-12-25-28(21(17)14-7-8-14)16-5-3-2-4-6-16/h2-6,9-14H,7-8H2,1H3,(H,26,27,29). The molecule has 1 N–H and O–H groups in total. The van der Waals surface area contributed by atoms with E-state index in [1.807, 2.05) is 35.0 Å². The Morgan fingerprint density at radius 1 is 1.23 bits per heavy atom. The fraction of sp³-hybridized carbons (Fsp3) is 0.174. The number of halogens is 1. The van der Waals surface area contributed by atoms with Crippen molar-refractivity contribution in [3.05, 3.63) is 77.2 Å². The molecular weight excluding hydrogens is 415 g/mol. The van der Waals surface area contributed by atoms with Crippen LogP contribution in [0.25, 0.3) is 16.9 Å². The molecule has 0 unspecified atom stereocenters. The highest BCUT2D eigenvalue weighted by Gasteiger charge is 2.33. The number of benzene rings is 2. The topological polar surface area (TPSA) is 69.0 Å². The third-order valence-electron chi connectivity index (χ3n) is 5.19. The smallest absolute Gasteiger partial charge is 0.260 e. The molecule has 1 aliphatic carbocycles. The summed E-state index contributed by atoms with van der Waals surface area (Å²) in [4.78, 5) is 17.5. The molecule has 0 aliphatic heterocycles. The van der Waals surface area contributed by atoms with Crippen molar-refractivity contribution in [2.45, 2.75) is 18.8 Å². The number of thiazole rings is 1. The predicted molar refractivity (Wildman–Crippen MR) is 118 cm³/mol. The fourth-order valence-electron chi connectivity index (χ4n) is 3.51. The zero-order valence-corrected chi connectivity index (χ0v) is 17.5. The SMILES string of the molecule is COc1ccc(-c2csc(NC(=O)c3cnn(-c4ccccc4)c3C3CC3)n2)cc1F. The summed E-state index contributed by atoms with van der Waals surface area (Å²) in [7, 11) is 1.42. The molecule has 2 aromatic heterocycles. The van der Waals surface area contributed by atoms with Gasteiger partial charge < -0.3 is 4.74 Å². The van der Waals surface area contributed by atoms with E-state index < -0.39 is 5.82 Å². The van der Waals surface area contributed by atoms with Crippen LogP contribution >= 0.6 is 11.3 Å². The van der Waals surface area contributed by atoms with E-state index >= 15 is 0 Å². The highest BCUT2D eigenvalue weighted by molar-refractivity contribution is 7.14. The molecule has 2 aromatic carbocycles. The zero-order chi connectivity index (χ0) is 21.4. The van der Waals surface area contributed by atoms with Crippen molar-refractivity contribution in [3.8, 4) is 22.7 Å². The lowest BCUT2D eigenvalue weighted by Gasteiger charge is -2.08. The van der Waals surface area contributed by atoms with Crippen LogP contribution in [-0.4, -0.2) is 27.8 Å². The number of carbonyl (C=O) groups is 1. The maximum Gasteiger partial charge on any atom is 0.260 e. The average Bonchev–Trinajstić information content (AvgIpc) is 3.35. The van der Waals surface area contributed by atoms with Crippen molar-refractivity contribution < 1.29 is 13.9 Å². The molecule has 0 spiro atoms. The van der Waals surface area contributed by atoms with Gasteiger partial charge in [-0.05, 0) is 43.2 Å². The fourth-order valence-corrected chi connectivity index (χ4v) is 4.23. The Morgan fingerprint density at radius 2 is 2.03 bits per heavy atom. The van der Waals surface area contributed by atoms with Gasteiger partial charge in [0.2, 0.25) is 0 Å². The van der Waals surface area contributed by atoms with Gasteiger partial charge >= 0.3 is 0 Å². The molecule has 0 atom stereocenters. The van der Waals surface area contributed by atoms with E-state index in [4.69, 9.17) is 4.74 Å². The summed E-state index contributed by atoms with van der Waals surface area (Å²) in [6.07, 6.45) is 3.70. The highest BCUT2D eigenvalue weighted by Crippen LogP contribution is 2.42. The Kier molecular flexibility index (Phi) is 4.99. The van der Waals surface area contributed by atoms with Gasteiger partial charge in [-0.15, -0.1) is 11.3 Å². The average molecular weight is 434 g/mol. The van der Waals surface area contributed by atoms with Crippen LogP contribution in [0.2, 0.25) is 0 Å². The highest BCUT2D eigenvalue weighted by atomic mass is 32.1. The number of rotatable bonds is 6. The second-order valence-electron chi connectivity index (χ2n) is 7.31. The van der Waals surface area contributed by atoms with E-state index in [1.165, 1.54) is 24.5 Å². The lowest BCUT2D eigenvalue weighted by atomic mass is 10.1. The lowest BCUT2D eigenvalue weighted by molar-refractivity contribution is 0.102. The van der Waals surface area contributed by atoms with Gasteiger partial charge in [0.05, 0.1) is 35.9 Å². The lowest BCUT2D eigenvalue weighted by Crippen LogP contribution is -2.14. The Balaban J connectivity index is 1.39. The Hall–Kier alpha value is -3.52. The largest absolute Gasteiger partial charge is 0.494 e.